The first-order chi connectivity index (χ1) is 10.6. The van der Waals surface area contributed by atoms with Crippen LogP contribution in [-0.4, -0.2) is 30.9 Å². The first kappa shape index (κ1) is 17.8. The average Bonchev–Trinajstić information content (AvgIpc) is 3.19. The lowest BCUT2D eigenvalue weighted by molar-refractivity contribution is -0.132. The second kappa shape index (κ2) is 7.84. The van der Waals surface area contributed by atoms with Crippen molar-refractivity contribution in [3.63, 3.8) is 0 Å². The lowest BCUT2D eigenvalue weighted by atomic mass is 10.0. The molecule has 1 saturated heterocycles. The van der Waals surface area contributed by atoms with Gasteiger partial charge in [-0.15, -0.1) is 12.4 Å². The van der Waals surface area contributed by atoms with Crippen LogP contribution in [0.25, 0.3) is 11.0 Å². The van der Waals surface area contributed by atoms with Crippen molar-refractivity contribution in [1.29, 1.82) is 0 Å². The number of nitrogens with zero attached hydrogens (tertiary/aromatic N) is 1. The molecule has 3 rings (SSSR count). The zero-order valence-corrected chi connectivity index (χ0v) is 14.6. The molecule has 23 heavy (non-hydrogen) atoms. The minimum absolute atomic E-state index is 0. The zero-order chi connectivity index (χ0) is 15.5. The molecule has 2 heterocycles. The van der Waals surface area contributed by atoms with Crippen LogP contribution in [0.2, 0.25) is 0 Å². The first-order valence-electron chi connectivity index (χ1n) is 8.10. The molecule has 1 N–H and O–H groups in total. The van der Waals surface area contributed by atoms with Crippen LogP contribution in [0.3, 0.4) is 0 Å². The van der Waals surface area contributed by atoms with Gasteiger partial charge in [-0.05, 0) is 50.9 Å². The highest BCUT2D eigenvalue weighted by Gasteiger charge is 2.22. The number of amides is 1. The summed E-state index contributed by atoms with van der Waals surface area (Å²) >= 11 is 0. The lowest BCUT2D eigenvalue weighted by Gasteiger charge is -2.23. The molecule has 126 valence electrons. The Morgan fingerprint density at radius 3 is 2.91 bits per heavy atom. The number of carbonyl (C=O) groups is 1. The Balaban J connectivity index is 0.00000192. The molecule has 0 bridgehead atoms. The number of hydrogen-bond acceptors (Lipinski definition) is 3. The van der Waals surface area contributed by atoms with Gasteiger partial charge in [0.25, 0.3) is 0 Å². The fourth-order valence-corrected chi connectivity index (χ4v) is 3.08. The molecule has 1 aliphatic rings. The van der Waals surface area contributed by atoms with Crippen molar-refractivity contribution in [2.24, 2.45) is 5.92 Å². The second-order valence-corrected chi connectivity index (χ2v) is 6.26. The Bertz CT molecular complexity index is 616. The molecule has 1 fully saturated rings. The van der Waals surface area contributed by atoms with Crippen molar-refractivity contribution in [2.45, 2.75) is 32.2 Å². The highest BCUT2D eigenvalue weighted by Crippen LogP contribution is 2.27. The summed E-state index contributed by atoms with van der Waals surface area (Å²) in [4.78, 5) is 14.2. The number of para-hydroxylation sites is 1. The number of hydrogen-bond donors (Lipinski definition) is 1. The Morgan fingerprint density at radius 2 is 2.22 bits per heavy atom. The summed E-state index contributed by atoms with van der Waals surface area (Å²) in [6, 6.07) is 9.94. The van der Waals surface area contributed by atoms with E-state index in [0.717, 1.165) is 36.2 Å². The highest BCUT2D eigenvalue weighted by atomic mass is 35.5. The Morgan fingerprint density at radius 1 is 1.43 bits per heavy atom. The third-order valence-corrected chi connectivity index (χ3v) is 4.76. The van der Waals surface area contributed by atoms with E-state index >= 15 is 0 Å². The van der Waals surface area contributed by atoms with Crippen LogP contribution in [0.4, 0.5) is 0 Å². The molecule has 5 heteroatoms. The van der Waals surface area contributed by atoms with E-state index < -0.39 is 0 Å². The van der Waals surface area contributed by atoms with E-state index in [4.69, 9.17) is 4.42 Å². The first-order valence-corrected chi connectivity index (χ1v) is 8.10. The molecule has 2 unspecified atom stereocenters. The summed E-state index contributed by atoms with van der Waals surface area (Å²) in [7, 11) is 1.87. The Labute approximate surface area is 143 Å². The van der Waals surface area contributed by atoms with Gasteiger partial charge < -0.3 is 14.6 Å². The number of fused-ring (bicyclic) bond motifs is 1. The molecule has 4 nitrogen and oxygen atoms in total. The molecule has 1 aromatic heterocycles. The number of carbonyl (C=O) groups excluding carboxylic acids is 1. The summed E-state index contributed by atoms with van der Waals surface area (Å²) in [5.74, 6) is 1.69. The Hall–Kier alpha value is -1.52. The number of nitrogens with one attached hydrogen (secondary N) is 1. The third kappa shape index (κ3) is 4.06. The summed E-state index contributed by atoms with van der Waals surface area (Å²) in [6.07, 6.45) is 2.78. The van der Waals surface area contributed by atoms with E-state index in [2.05, 4.69) is 5.32 Å². The average molecular weight is 337 g/mol. The third-order valence-electron chi connectivity index (χ3n) is 4.76. The molecule has 1 aromatic carbocycles. The second-order valence-electron chi connectivity index (χ2n) is 6.26. The van der Waals surface area contributed by atoms with Gasteiger partial charge in [-0.3, -0.25) is 4.79 Å². The minimum Gasteiger partial charge on any atom is -0.459 e. The quantitative estimate of drug-likeness (QED) is 0.904. The zero-order valence-electron chi connectivity index (χ0n) is 13.7. The molecule has 1 amide bonds. The number of furan rings is 1. The summed E-state index contributed by atoms with van der Waals surface area (Å²) in [5.41, 5.74) is 0.877. The molecule has 0 aliphatic carbocycles. The van der Waals surface area contributed by atoms with E-state index in [1.165, 1.54) is 6.42 Å². The SMILES string of the molecule is CC(c1cc2ccccc2o1)N(C)C(=O)CCC1CCNC1.Cl. The van der Waals surface area contributed by atoms with Crippen molar-refractivity contribution in [3.8, 4) is 0 Å². The van der Waals surface area contributed by atoms with Crippen LogP contribution < -0.4 is 5.32 Å². The number of rotatable bonds is 5. The van der Waals surface area contributed by atoms with Crippen LogP contribution in [0.5, 0.6) is 0 Å². The van der Waals surface area contributed by atoms with Gasteiger partial charge in [-0.1, -0.05) is 18.2 Å². The van der Waals surface area contributed by atoms with Crippen LogP contribution in [-0.2, 0) is 4.79 Å². The summed E-state index contributed by atoms with van der Waals surface area (Å²) in [6.45, 7) is 4.16. The van der Waals surface area contributed by atoms with Gasteiger partial charge in [-0.2, -0.15) is 0 Å². The Kier molecular flexibility index (Phi) is 6.08. The minimum atomic E-state index is -0.0402. The topological polar surface area (TPSA) is 45.5 Å². The molecule has 1 aliphatic heterocycles. The van der Waals surface area contributed by atoms with Gasteiger partial charge in [0.15, 0.2) is 0 Å². The van der Waals surface area contributed by atoms with Crippen molar-refractivity contribution in [2.75, 3.05) is 20.1 Å². The maximum absolute atomic E-state index is 12.4. The fourth-order valence-electron chi connectivity index (χ4n) is 3.08. The van der Waals surface area contributed by atoms with Gasteiger partial charge in [0.2, 0.25) is 5.91 Å². The summed E-state index contributed by atoms with van der Waals surface area (Å²) in [5, 5.41) is 4.43. The standard InChI is InChI=1S/C18H24N2O2.ClH/c1-13(17-11-15-5-3-4-6-16(15)22-17)20(2)18(21)8-7-14-9-10-19-12-14;/h3-6,11,13-14,19H,7-10,12H2,1-2H3;1H. The maximum Gasteiger partial charge on any atom is 0.222 e. The van der Waals surface area contributed by atoms with Crippen molar-refractivity contribution in [1.82, 2.24) is 10.2 Å². The molecular formula is C18H25ClN2O2. The van der Waals surface area contributed by atoms with Gasteiger partial charge in [0.05, 0.1) is 6.04 Å². The molecular weight excluding hydrogens is 312 g/mol. The van der Waals surface area contributed by atoms with Gasteiger partial charge >= 0.3 is 0 Å². The predicted molar refractivity (Wildman–Crippen MR) is 94.9 cm³/mol. The molecule has 0 radical (unpaired) electrons. The van der Waals surface area contributed by atoms with Gasteiger partial charge in [-0.25, -0.2) is 0 Å². The lowest BCUT2D eigenvalue weighted by Crippen LogP contribution is -2.29. The number of halogens is 1. The van der Waals surface area contributed by atoms with E-state index in [9.17, 15) is 4.79 Å². The normalized spacial score (nSPS) is 18.6. The summed E-state index contributed by atoms with van der Waals surface area (Å²) < 4.78 is 5.88. The van der Waals surface area contributed by atoms with Crippen LogP contribution in [0.15, 0.2) is 34.7 Å². The van der Waals surface area contributed by atoms with E-state index in [-0.39, 0.29) is 24.4 Å². The van der Waals surface area contributed by atoms with Crippen LogP contribution in [0, 0.1) is 5.92 Å². The van der Waals surface area contributed by atoms with Crippen molar-refractivity contribution < 1.29 is 9.21 Å². The monoisotopic (exact) mass is 336 g/mol. The van der Waals surface area contributed by atoms with E-state index in [1.807, 2.05) is 44.3 Å². The molecule has 2 aromatic rings. The predicted octanol–water partition coefficient (Wildman–Crippen LogP) is 3.76. The molecule has 0 saturated carbocycles. The van der Waals surface area contributed by atoms with E-state index in [0.29, 0.717) is 12.3 Å². The number of benzene rings is 1. The van der Waals surface area contributed by atoms with Crippen molar-refractivity contribution >= 4 is 29.3 Å². The smallest absolute Gasteiger partial charge is 0.222 e. The molecule has 0 spiro atoms. The fraction of sp³-hybridized carbons (Fsp3) is 0.500. The van der Waals surface area contributed by atoms with E-state index in [1.54, 1.807) is 4.90 Å². The largest absolute Gasteiger partial charge is 0.459 e. The highest BCUT2D eigenvalue weighted by molar-refractivity contribution is 5.85. The maximum atomic E-state index is 12.4. The molecule has 2 atom stereocenters. The van der Waals surface area contributed by atoms with Crippen LogP contribution in [0.1, 0.15) is 38.0 Å². The van der Waals surface area contributed by atoms with Crippen molar-refractivity contribution in [3.05, 3.63) is 36.1 Å². The van der Waals surface area contributed by atoms with Crippen LogP contribution >= 0.6 is 12.4 Å². The van der Waals surface area contributed by atoms with Gasteiger partial charge in [0.1, 0.15) is 11.3 Å². The van der Waals surface area contributed by atoms with Gasteiger partial charge in [0, 0.05) is 18.9 Å².